The van der Waals surface area contributed by atoms with Crippen molar-refractivity contribution >= 4 is 28.8 Å². The second kappa shape index (κ2) is 7.39. The second-order valence-corrected chi connectivity index (χ2v) is 6.33. The molecule has 0 aliphatic heterocycles. The van der Waals surface area contributed by atoms with Gasteiger partial charge in [0.25, 0.3) is 0 Å². The molecule has 1 aromatic carbocycles. The lowest BCUT2D eigenvalue weighted by atomic mass is 10.1. The second-order valence-electron chi connectivity index (χ2n) is 6.33. The number of hydrogen-bond acceptors (Lipinski definition) is 3. The van der Waals surface area contributed by atoms with Gasteiger partial charge >= 0.3 is 0 Å². The van der Waals surface area contributed by atoms with Gasteiger partial charge in [0.05, 0.1) is 12.1 Å². The molecule has 3 rings (SSSR count). The Bertz CT molecular complexity index is 975. The molecular weight excluding hydrogens is 328 g/mol. The molecule has 2 amide bonds. The minimum absolute atomic E-state index is 0.139. The van der Waals surface area contributed by atoms with Crippen LogP contribution in [0.25, 0.3) is 5.65 Å². The third-order valence-electron chi connectivity index (χ3n) is 4.09. The molecule has 0 radical (unpaired) electrons. The van der Waals surface area contributed by atoms with Gasteiger partial charge in [0, 0.05) is 30.7 Å². The summed E-state index contributed by atoms with van der Waals surface area (Å²) in [6.45, 7) is 5.49. The number of nitrogens with zero attached hydrogens (tertiary/aromatic N) is 2. The van der Waals surface area contributed by atoms with Gasteiger partial charge in [-0.05, 0) is 48.7 Å². The van der Waals surface area contributed by atoms with Crippen molar-refractivity contribution in [1.29, 1.82) is 0 Å². The average molecular weight is 350 g/mol. The molecule has 2 N–H and O–H groups in total. The lowest BCUT2D eigenvalue weighted by Gasteiger charge is -2.12. The number of imidazole rings is 1. The van der Waals surface area contributed by atoms with Crippen molar-refractivity contribution in [3.05, 3.63) is 59.5 Å². The van der Waals surface area contributed by atoms with Gasteiger partial charge in [-0.1, -0.05) is 13.0 Å². The predicted molar refractivity (Wildman–Crippen MR) is 102 cm³/mol. The number of aromatic nitrogens is 2. The third-order valence-corrected chi connectivity index (χ3v) is 4.09. The molecule has 0 unspecified atom stereocenters. The Kier molecular flexibility index (Phi) is 5.02. The van der Waals surface area contributed by atoms with Gasteiger partial charge in [-0.25, -0.2) is 4.98 Å². The summed E-state index contributed by atoms with van der Waals surface area (Å²) in [4.78, 5) is 28.2. The summed E-state index contributed by atoms with van der Waals surface area (Å²) >= 11 is 0. The van der Waals surface area contributed by atoms with Crippen LogP contribution in [0, 0.1) is 6.92 Å². The van der Waals surface area contributed by atoms with Gasteiger partial charge in [-0.15, -0.1) is 0 Å². The zero-order valence-corrected chi connectivity index (χ0v) is 15.2. The number of rotatable bonds is 5. The van der Waals surface area contributed by atoms with Crippen LogP contribution in [0.4, 0.5) is 11.4 Å². The standard InChI is InChI=1S/C20H22N4O2/c1-4-15-5-6-16(21-14(3)25)10-18(15)23-20(26)11-17-12-24-8-7-13(2)9-19(24)22-17/h5-10,12H,4,11H2,1-3H3,(H,21,25)(H,23,26). The molecule has 0 bridgehead atoms. The molecule has 6 nitrogen and oxygen atoms in total. The maximum Gasteiger partial charge on any atom is 0.230 e. The average Bonchev–Trinajstić information content (AvgIpc) is 2.95. The van der Waals surface area contributed by atoms with Crippen LogP contribution >= 0.6 is 0 Å². The highest BCUT2D eigenvalue weighted by atomic mass is 16.2. The van der Waals surface area contributed by atoms with E-state index in [0.717, 1.165) is 23.2 Å². The van der Waals surface area contributed by atoms with Crippen molar-refractivity contribution in [2.45, 2.75) is 33.6 Å². The number of hydrogen-bond donors (Lipinski definition) is 2. The Balaban J connectivity index is 1.76. The van der Waals surface area contributed by atoms with Crippen LogP contribution in [-0.2, 0) is 22.4 Å². The largest absolute Gasteiger partial charge is 0.326 e. The molecular formula is C20H22N4O2. The number of carbonyl (C=O) groups excluding carboxylic acids is 2. The number of pyridine rings is 1. The van der Waals surface area contributed by atoms with Crippen LogP contribution in [0.1, 0.15) is 30.7 Å². The minimum Gasteiger partial charge on any atom is -0.326 e. The minimum atomic E-state index is -0.147. The Morgan fingerprint density at radius 3 is 2.69 bits per heavy atom. The van der Waals surface area contributed by atoms with E-state index >= 15 is 0 Å². The van der Waals surface area contributed by atoms with E-state index in [1.54, 1.807) is 6.07 Å². The third kappa shape index (κ3) is 4.08. The lowest BCUT2D eigenvalue weighted by molar-refractivity contribution is -0.116. The fourth-order valence-electron chi connectivity index (χ4n) is 2.86. The van der Waals surface area contributed by atoms with E-state index in [1.165, 1.54) is 6.92 Å². The monoisotopic (exact) mass is 350 g/mol. The van der Waals surface area contributed by atoms with Crippen LogP contribution in [0.2, 0.25) is 0 Å². The van der Waals surface area contributed by atoms with Crippen LogP contribution in [0.5, 0.6) is 0 Å². The summed E-state index contributed by atoms with van der Waals surface area (Å²) in [6, 6.07) is 9.51. The van der Waals surface area contributed by atoms with Crippen molar-refractivity contribution in [1.82, 2.24) is 9.38 Å². The molecule has 3 aromatic rings. The van der Waals surface area contributed by atoms with Gasteiger partial charge in [0.1, 0.15) is 5.65 Å². The maximum atomic E-state index is 12.5. The highest BCUT2D eigenvalue weighted by Crippen LogP contribution is 2.22. The van der Waals surface area contributed by atoms with Crippen LogP contribution in [0.15, 0.2) is 42.7 Å². The SMILES string of the molecule is CCc1ccc(NC(C)=O)cc1NC(=O)Cc1cn2ccc(C)cc2n1. The Hall–Kier alpha value is -3.15. The number of amides is 2. The number of aryl methyl sites for hydroxylation is 2. The number of anilines is 2. The number of fused-ring (bicyclic) bond motifs is 1. The van der Waals surface area contributed by atoms with Crippen molar-refractivity contribution < 1.29 is 9.59 Å². The van der Waals surface area contributed by atoms with E-state index in [-0.39, 0.29) is 18.2 Å². The van der Waals surface area contributed by atoms with E-state index in [0.29, 0.717) is 17.1 Å². The van der Waals surface area contributed by atoms with Gasteiger partial charge in [-0.3, -0.25) is 9.59 Å². The normalized spacial score (nSPS) is 10.7. The Morgan fingerprint density at radius 1 is 1.15 bits per heavy atom. The highest BCUT2D eigenvalue weighted by molar-refractivity contribution is 5.95. The van der Waals surface area contributed by atoms with Crippen molar-refractivity contribution in [2.75, 3.05) is 10.6 Å². The lowest BCUT2D eigenvalue weighted by Crippen LogP contribution is -2.16. The molecule has 0 spiro atoms. The molecule has 0 saturated carbocycles. The smallest absolute Gasteiger partial charge is 0.230 e. The molecule has 0 aliphatic carbocycles. The quantitative estimate of drug-likeness (QED) is 0.741. The predicted octanol–water partition coefficient (Wildman–Crippen LogP) is 3.34. The van der Waals surface area contributed by atoms with Gasteiger partial charge in [0.2, 0.25) is 11.8 Å². The zero-order valence-electron chi connectivity index (χ0n) is 15.2. The van der Waals surface area contributed by atoms with E-state index in [9.17, 15) is 9.59 Å². The molecule has 2 aromatic heterocycles. The van der Waals surface area contributed by atoms with E-state index in [2.05, 4.69) is 15.6 Å². The first-order valence-corrected chi connectivity index (χ1v) is 8.59. The fourth-order valence-corrected chi connectivity index (χ4v) is 2.86. The zero-order chi connectivity index (χ0) is 18.7. The van der Waals surface area contributed by atoms with Gasteiger partial charge < -0.3 is 15.0 Å². The fraction of sp³-hybridized carbons (Fsp3) is 0.250. The molecule has 0 saturated heterocycles. The summed E-state index contributed by atoms with van der Waals surface area (Å²) in [5, 5.41) is 5.68. The molecule has 6 heteroatoms. The molecule has 0 aliphatic rings. The molecule has 0 fully saturated rings. The van der Waals surface area contributed by atoms with Crippen LogP contribution in [0.3, 0.4) is 0 Å². The summed E-state index contributed by atoms with van der Waals surface area (Å²) in [7, 11) is 0. The van der Waals surface area contributed by atoms with Gasteiger partial charge in [0.15, 0.2) is 0 Å². The maximum absolute atomic E-state index is 12.5. The molecule has 26 heavy (non-hydrogen) atoms. The first kappa shape index (κ1) is 17.7. The first-order valence-electron chi connectivity index (χ1n) is 8.59. The first-order chi connectivity index (χ1) is 12.4. The van der Waals surface area contributed by atoms with Crippen LogP contribution < -0.4 is 10.6 Å². The van der Waals surface area contributed by atoms with E-state index in [4.69, 9.17) is 0 Å². The topological polar surface area (TPSA) is 75.5 Å². The summed E-state index contributed by atoms with van der Waals surface area (Å²) < 4.78 is 1.91. The van der Waals surface area contributed by atoms with E-state index in [1.807, 2.05) is 54.9 Å². The molecule has 2 heterocycles. The summed E-state index contributed by atoms with van der Waals surface area (Å²) in [5.41, 5.74) is 5.05. The number of nitrogens with one attached hydrogen (secondary N) is 2. The van der Waals surface area contributed by atoms with E-state index < -0.39 is 0 Å². The van der Waals surface area contributed by atoms with Crippen molar-refractivity contribution in [2.24, 2.45) is 0 Å². The molecule has 134 valence electrons. The summed E-state index contributed by atoms with van der Waals surface area (Å²) in [6.07, 6.45) is 4.77. The van der Waals surface area contributed by atoms with Crippen molar-refractivity contribution in [3.63, 3.8) is 0 Å². The van der Waals surface area contributed by atoms with Crippen LogP contribution in [-0.4, -0.2) is 21.2 Å². The number of benzene rings is 1. The molecule has 0 atom stereocenters. The number of carbonyl (C=O) groups is 2. The summed E-state index contributed by atoms with van der Waals surface area (Å²) in [5.74, 6) is -0.286. The Labute approximate surface area is 152 Å². The van der Waals surface area contributed by atoms with Crippen molar-refractivity contribution in [3.8, 4) is 0 Å². The van der Waals surface area contributed by atoms with Gasteiger partial charge in [-0.2, -0.15) is 0 Å². The Morgan fingerprint density at radius 2 is 1.96 bits per heavy atom. The highest BCUT2D eigenvalue weighted by Gasteiger charge is 2.11.